The van der Waals surface area contributed by atoms with E-state index in [1.807, 2.05) is 0 Å². The zero-order chi connectivity index (χ0) is 12.7. The molecule has 3 heterocycles. The molecule has 0 aromatic carbocycles. The van der Waals surface area contributed by atoms with Gasteiger partial charge in [0.15, 0.2) is 10.4 Å². The largest absolute Gasteiger partial charge is 0.480 e. The minimum atomic E-state index is -0.859. The van der Waals surface area contributed by atoms with Gasteiger partial charge in [-0.25, -0.2) is 4.79 Å². The first-order valence-corrected chi connectivity index (χ1v) is 6.38. The predicted molar refractivity (Wildman–Crippen MR) is 65.0 cm³/mol. The molecule has 94 valence electrons. The highest BCUT2D eigenvalue weighted by Gasteiger charge is 2.31. The molecule has 0 radical (unpaired) electrons. The summed E-state index contributed by atoms with van der Waals surface area (Å²) in [6.45, 7) is 0. The van der Waals surface area contributed by atoms with Gasteiger partial charge in [-0.2, -0.15) is 0 Å². The lowest BCUT2D eigenvalue weighted by Crippen LogP contribution is -2.25. The molecule has 0 bridgehead atoms. The number of carboxylic acids is 1. The lowest BCUT2D eigenvalue weighted by Gasteiger charge is -2.21. The van der Waals surface area contributed by atoms with Crippen LogP contribution in [0.5, 0.6) is 0 Å². The van der Waals surface area contributed by atoms with Crippen molar-refractivity contribution in [3.63, 3.8) is 0 Å². The number of fused-ring (bicyclic) bond motifs is 1. The van der Waals surface area contributed by atoms with Crippen molar-refractivity contribution in [2.24, 2.45) is 0 Å². The van der Waals surface area contributed by atoms with Gasteiger partial charge in [0.2, 0.25) is 5.82 Å². The highest BCUT2D eigenvalue weighted by Crippen LogP contribution is 2.31. The second-order valence-corrected chi connectivity index (χ2v) is 4.94. The van der Waals surface area contributed by atoms with Crippen LogP contribution in [0.1, 0.15) is 24.7 Å². The maximum atomic E-state index is 11.3. The summed E-state index contributed by atoms with van der Waals surface area (Å²) in [4.78, 5) is 11.3. The third kappa shape index (κ3) is 1.74. The van der Waals surface area contributed by atoms with E-state index in [1.165, 1.54) is 0 Å². The number of hydrogen-bond acceptors (Lipinski definition) is 4. The first kappa shape index (κ1) is 11.5. The van der Waals surface area contributed by atoms with Gasteiger partial charge in [0.05, 0.1) is 0 Å². The summed E-state index contributed by atoms with van der Waals surface area (Å²) < 4.78 is 7.67. The molecule has 3 rings (SSSR count). The van der Waals surface area contributed by atoms with Crippen molar-refractivity contribution < 1.29 is 14.3 Å². The molecule has 0 amide bonds. The van der Waals surface area contributed by atoms with Crippen LogP contribution in [0.15, 0.2) is 21.2 Å². The smallest absolute Gasteiger partial charge is 0.326 e. The number of halogens is 1. The number of hydrogen-bond donors (Lipinski definition) is 1. The first-order chi connectivity index (χ1) is 8.66. The van der Waals surface area contributed by atoms with Gasteiger partial charge in [-0.3, -0.25) is 4.57 Å². The quantitative estimate of drug-likeness (QED) is 0.920. The number of carboxylic acid groups (broad SMARTS) is 1. The van der Waals surface area contributed by atoms with Crippen molar-refractivity contribution in [1.82, 2.24) is 14.8 Å². The summed E-state index contributed by atoms with van der Waals surface area (Å²) in [5, 5.41) is 17.4. The Kier molecular flexibility index (Phi) is 2.70. The molecule has 0 saturated carbocycles. The van der Waals surface area contributed by atoms with Crippen LogP contribution in [-0.2, 0) is 11.2 Å². The first-order valence-electron chi connectivity index (χ1n) is 5.59. The van der Waals surface area contributed by atoms with E-state index < -0.39 is 12.0 Å². The Bertz CT molecular complexity index is 604. The van der Waals surface area contributed by atoms with Gasteiger partial charge in [-0.05, 0) is 40.9 Å². The molecule has 0 saturated heterocycles. The van der Waals surface area contributed by atoms with Gasteiger partial charge in [-0.1, -0.05) is 0 Å². The third-order valence-corrected chi connectivity index (χ3v) is 3.46. The van der Waals surface area contributed by atoms with E-state index in [-0.39, 0.29) is 0 Å². The fourth-order valence-electron chi connectivity index (χ4n) is 2.24. The minimum Gasteiger partial charge on any atom is -0.480 e. The van der Waals surface area contributed by atoms with E-state index in [9.17, 15) is 9.90 Å². The number of aryl methyl sites for hydroxylation is 1. The molecule has 6 nitrogen and oxygen atoms in total. The van der Waals surface area contributed by atoms with Crippen molar-refractivity contribution >= 4 is 21.9 Å². The van der Waals surface area contributed by atoms with Crippen molar-refractivity contribution in [2.45, 2.75) is 25.3 Å². The van der Waals surface area contributed by atoms with Crippen LogP contribution in [0.25, 0.3) is 11.6 Å². The summed E-state index contributed by atoms with van der Waals surface area (Å²) in [6, 6.07) is 2.88. The SMILES string of the molecule is O=C(O)C1CCCc2nnc(-c3ccc(Br)o3)n21. The number of rotatable bonds is 2. The van der Waals surface area contributed by atoms with Gasteiger partial charge in [0.1, 0.15) is 11.9 Å². The third-order valence-electron chi connectivity index (χ3n) is 3.03. The minimum absolute atomic E-state index is 0.475. The topological polar surface area (TPSA) is 81.2 Å². The standard InChI is InChI=1S/C11H10BrN3O3/c12-8-5-4-7(18-8)10-14-13-9-3-1-2-6(11(16)17)15(9)10/h4-6H,1-3H2,(H,16,17). The van der Waals surface area contributed by atoms with E-state index in [4.69, 9.17) is 4.42 Å². The van der Waals surface area contributed by atoms with Crippen LogP contribution in [-0.4, -0.2) is 25.8 Å². The van der Waals surface area contributed by atoms with Crippen LogP contribution in [0.4, 0.5) is 0 Å². The molecule has 2 aromatic heterocycles. The van der Waals surface area contributed by atoms with Gasteiger partial charge in [0, 0.05) is 6.42 Å². The van der Waals surface area contributed by atoms with Gasteiger partial charge in [-0.15, -0.1) is 10.2 Å². The normalized spacial score (nSPS) is 18.6. The number of aromatic nitrogens is 3. The maximum Gasteiger partial charge on any atom is 0.326 e. The second kappa shape index (κ2) is 4.24. The number of nitrogens with zero attached hydrogens (tertiary/aromatic N) is 3. The van der Waals surface area contributed by atoms with Gasteiger partial charge in [0.25, 0.3) is 0 Å². The van der Waals surface area contributed by atoms with E-state index in [0.717, 1.165) is 12.8 Å². The van der Waals surface area contributed by atoms with E-state index >= 15 is 0 Å². The molecule has 2 aromatic rings. The van der Waals surface area contributed by atoms with Gasteiger partial charge < -0.3 is 9.52 Å². The van der Waals surface area contributed by atoms with Crippen molar-refractivity contribution in [1.29, 1.82) is 0 Å². The zero-order valence-electron chi connectivity index (χ0n) is 9.34. The second-order valence-electron chi connectivity index (χ2n) is 4.16. The molecule has 0 aliphatic carbocycles. The molecule has 18 heavy (non-hydrogen) atoms. The fourth-order valence-corrected chi connectivity index (χ4v) is 2.55. The number of carbonyl (C=O) groups is 1. The van der Waals surface area contributed by atoms with Gasteiger partial charge >= 0.3 is 5.97 Å². The summed E-state index contributed by atoms with van der Waals surface area (Å²) in [5.41, 5.74) is 0. The fraction of sp³-hybridized carbons (Fsp3) is 0.364. The summed E-state index contributed by atoms with van der Waals surface area (Å²) >= 11 is 3.22. The van der Waals surface area contributed by atoms with Crippen LogP contribution in [0.3, 0.4) is 0 Å². The van der Waals surface area contributed by atoms with Crippen molar-refractivity contribution in [3.05, 3.63) is 22.6 Å². The Morgan fingerprint density at radius 2 is 2.33 bits per heavy atom. The summed E-state index contributed by atoms with van der Waals surface area (Å²) in [5.74, 6) is 0.843. The molecule has 7 heteroatoms. The molecule has 1 unspecified atom stereocenters. The molecule has 0 fully saturated rings. The van der Waals surface area contributed by atoms with Crippen LogP contribution >= 0.6 is 15.9 Å². The molecular weight excluding hydrogens is 302 g/mol. The zero-order valence-corrected chi connectivity index (χ0v) is 10.9. The molecule has 1 atom stereocenters. The van der Waals surface area contributed by atoms with Crippen LogP contribution < -0.4 is 0 Å². The lowest BCUT2D eigenvalue weighted by atomic mass is 10.0. The molecule has 0 spiro atoms. The summed E-state index contributed by atoms with van der Waals surface area (Å²) in [7, 11) is 0. The highest BCUT2D eigenvalue weighted by atomic mass is 79.9. The monoisotopic (exact) mass is 311 g/mol. The van der Waals surface area contributed by atoms with E-state index in [1.54, 1.807) is 16.7 Å². The molecular formula is C11H10BrN3O3. The molecule has 1 aliphatic rings. The Balaban J connectivity index is 2.12. The van der Waals surface area contributed by atoms with Crippen molar-refractivity contribution in [2.75, 3.05) is 0 Å². The number of aliphatic carboxylic acids is 1. The lowest BCUT2D eigenvalue weighted by molar-refractivity contribution is -0.141. The highest BCUT2D eigenvalue weighted by molar-refractivity contribution is 9.10. The van der Waals surface area contributed by atoms with Crippen LogP contribution in [0.2, 0.25) is 0 Å². The maximum absolute atomic E-state index is 11.3. The molecule has 1 aliphatic heterocycles. The summed E-state index contributed by atoms with van der Waals surface area (Å²) in [6.07, 6.45) is 2.16. The van der Waals surface area contributed by atoms with Crippen LogP contribution in [0, 0.1) is 0 Å². The Morgan fingerprint density at radius 3 is 3.00 bits per heavy atom. The average Bonchev–Trinajstić information content (AvgIpc) is 2.94. The Labute approximate surface area is 111 Å². The Morgan fingerprint density at radius 1 is 1.50 bits per heavy atom. The van der Waals surface area contributed by atoms with Crippen molar-refractivity contribution in [3.8, 4) is 11.6 Å². The molecule has 1 N–H and O–H groups in total. The average molecular weight is 312 g/mol. The van der Waals surface area contributed by atoms with E-state index in [2.05, 4.69) is 26.1 Å². The van der Waals surface area contributed by atoms with E-state index in [0.29, 0.717) is 28.5 Å². The number of furan rings is 1. The predicted octanol–water partition coefficient (Wildman–Crippen LogP) is 2.26. The Hall–Kier alpha value is -1.63.